The van der Waals surface area contributed by atoms with E-state index in [9.17, 15) is 22.4 Å². The Hall–Kier alpha value is -2.65. The average Bonchev–Trinajstić information content (AvgIpc) is 3.15. The molecule has 1 aliphatic carbocycles. The van der Waals surface area contributed by atoms with Crippen molar-refractivity contribution in [3.05, 3.63) is 47.3 Å². The number of H-pyrrole nitrogens is 1. The third-order valence-electron chi connectivity index (χ3n) is 5.04. The number of amides is 2. The van der Waals surface area contributed by atoms with Gasteiger partial charge in [-0.25, -0.2) is 14.2 Å². The summed E-state index contributed by atoms with van der Waals surface area (Å²) in [6.07, 6.45) is 0.0728. The third-order valence-corrected chi connectivity index (χ3v) is 5.04. The number of benzene rings is 1. The highest BCUT2D eigenvalue weighted by atomic mass is 19.4. The minimum atomic E-state index is -4.64. The van der Waals surface area contributed by atoms with Gasteiger partial charge in [-0.2, -0.15) is 13.2 Å². The summed E-state index contributed by atoms with van der Waals surface area (Å²) < 4.78 is 51.2. The zero-order chi connectivity index (χ0) is 20.2. The molecule has 1 aliphatic rings. The lowest BCUT2D eigenvalue weighted by Gasteiger charge is -2.38. The number of aromatic amines is 1. The Bertz CT molecular complexity index is 814. The van der Waals surface area contributed by atoms with Crippen molar-refractivity contribution in [3.8, 4) is 0 Å². The van der Waals surface area contributed by atoms with Gasteiger partial charge in [-0.1, -0.05) is 31.4 Å². The van der Waals surface area contributed by atoms with Gasteiger partial charge in [0.2, 0.25) is 0 Å². The number of aromatic nitrogens is 3. The van der Waals surface area contributed by atoms with E-state index in [1.807, 2.05) is 6.07 Å². The number of carbonyl (C=O) groups excluding carboxylic acids is 1. The first-order valence-corrected chi connectivity index (χ1v) is 9.05. The van der Waals surface area contributed by atoms with E-state index in [0.717, 1.165) is 37.7 Å². The summed E-state index contributed by atoms with van der Waals surface area (Å²) in [7, 11) is 0. The number of nitrogens with one attached hydrogen (secondary N) is 3. The van der Waals surface area contributed by atoms with Crippen LogP contribution in [-0.2, 0) is 18.1 Å². The van der Waals surface area contributed by atoms with E-state index in [1.165, 1.54) is 12.1 Å². The Kier molecular flexibility index (Phi) is 5.85. The summed E-state index contributed by atoms with van der Waals surface area (Å²) in [5.41, 5.74) is 0.491. The highest BCUT2D eigenvalue weighted by Gasteiger charge is 2.36. The van der Waals surface area contributed by atoms with Gasteiger partial charge in [-0.05, 0) is 30.5 Å². The van der Waals surface area contributed by atoms with Gasteiger partial charge in [0.15, 0.2) is 0 Å². The number of hydrogen-bond donors (Lipinski definition) is 3. The van der Waals surface area contributed by atoms with Crippen molar-refractivity contribution >= 4 is 6.03 Å². The van der Waals surface area contributed by atoms with Crippen LogP contribution in [0.4, 0.5) is 22.4 Å². The predicted octanol–water partition coefficient (Wildman–Crippen LogP) is 3.66. The largest absolute Gasteiger partial charge is 0.453 e. The SMILES string of the molecule is O=C(NCc1nc(C(F)(F)F)n[nH]1)NCC1(c2cccc(F)c2)CCCCC1. The van der Waals surface area contributed by atoms with Gasteiger partial charge in [0.05, 0.1) is 6.54 Å². The first-order chi connectivity index (χ1) is 13.3. The molecule has 0 unspecified atom stereocenters. The Morgan fingerprint density at radius 1 is 1.18 bits per heavy atom. The number of hydrogen-bond acceptors (Lipinski definition) is 3. The summed E-state index contributed by atoms with van der Waals surface area (Å²) in [6.45, 7) is 0.0916. The van der Waals surface area contributed by atoms with E-state index in [4.69, 9.17) is 0 Å². The van der Waals surface area contributed by atoms with E-state index in [-0.39, 0.29) is 23.6 Å². The topological polar surface area (TPSA) is 82.7 Å². The fourth-order valence-corrected chi connectivity index (χ4v) is 3.59. The quantitative estimate of drug-likeness (QED) is 0.671. The van der Waals surface area contributed by atoms with Gasteiger partial charge < -0.3 is 10.6 Å². The van der Waals surface area contributed by atoms with Crippen molar-refractivity contribution in [1.29, 1.82) is 0 Å². The second-order valence-electron chi connectivity index (χ2n) is 6.99. The third kappa shape index (κ3) is 4.79. The lowest BCUT2D eigenvalue weighted by Crippen LogP contribution is -2.45. The fourth-order valence-electron chi connectivity index (χ4n) is 3.59. The van der Waals surface area contributed by atoms with E-state index in [1.54, 1.807) is 6.07 Å². The average molecular weight is 399 g/mol. The van der Waals surface area contributed by atoms with Crippen LogP contribution in [0.2, 0.25) is 0 Å². The van der Waals surface area contributed by atoms with Crippen LogP contribution < -0.4 is 10.6 Å². The molecule has 1 heterocycles. The van der Waals surface area contributed by atoms with Crippen LogP contribution in [0, 0.1) is 5.82 Å². The molecule has 1 fully saturated rings. The second-order valence-corrected chi connectivity index (χ2v) is 6.99. The van der Waals surface area contributed by atoms with Crippen LogP contribution in [0.15, 0.2) is 24.3 Å². The Balaban J connectivity index is 1.59. The molecule has 28 heavy (non-hydrogen) atoms. The second kappa shape index (κ2) is 8.15. The molecule has 0 spiro atoms. The van der Waals surface area contributed by atoms with Crippen molar-refractivity contribution in [1.82, 2.24) is 25.8 Å². The first-order valence-electron chi connectivity index (χ1n) is 9.05. The summed E-state index contributed by atoms with van der Waals surface area (Å²) >= 11 is 0. The molecule has 0 atom stereocenters. The highest BCUT2D eigenvalue weighted by Crippen LogP contribution is 2.39. The molecule has 0 bridgehead atoms. The molecule has 3 N–H and O–H groups in total. The van der Waals surface area contributed by atoms with Crippen LogP contribution in [0.5, 0.6) is 0 Å². The van der Waals surface area contributed by atoms with Gasteiger partial charge in [-0.3, -0.25) is 5.10 Å². The van der Waals surface area contributed by atoms with Crippen molar-refractivity contribution in [2.24, 2.45) is 0 Å². The molecular weight excluding hydrogens is 378 g/mol. The van der Waals surface area contributed by atoms with Crippen molar-refractivity contribution in [2.45, 2.75) is 50.2 Å². The van der Waals surface area contributed by atoms with Crippen LogP contribution >= 0.6 is 0 Å². The zero-order valence-electron chi connectivity index (χ0n) is 15.1. The number of urea groups is 1. The van der Waals surface area contributed by atoms with Crippen LogP contribution in [0.1, 0.15) is 49.3 Å². The molecule has 2 amide bonds. The minimum absolute atomic E-state index is 0.0972. The normalized spacial score (nSPS) is 16.6. The molecule has 1 aromatic carbocycles. The number of nitrogens with zero attached hydrogens (tertiary/aromatic N) is 2. The Labute approximate surface area is 159 Å². The standard InChI is InChI=1S/C18H21F4N5O/c19-13-6-4-5-12(9-13)17(7-2-1-3-8-17)11-24-16(28)23-10-14-25-15(27-26-14)18(20,21)22/h4-6,9H,1-3,7-8,10-11H2,(H2,23,24,28)(H,25,26,27). The number of rotatable bonds is 5. The summed E-state index contributed by atoms with van der Waals surface area (Å²) in [6, 6.07) is 5.86. The predicted molar refractivity (Wildman–Crippen MR) is 92.8 cm³/mol. The minimum Gasteiger partial charge on any atom is -0.337 e. The molecule has 1 aromatic heterocycles. The zero-order valence-corrected chi connectivity index (χ0v) is 15.1. The van der Waals surface area contributed by atoms with Gasteiger partial charge in [0, 0.05) is 12.0 Å². The molecule has 0 saturated heterocycles. The lowest BCUT2D eigenvalue weighted by atomic mass is 9.69. The molecule has 10 heteroatoms. The van der Waals surface area contributed by atoms with Crippen LogP contribution in [0.25, 0.3) is 0 Å². The molecule has 2 aromatic rings. The van der Waals surface area contributed by atoms with Gasteiger partial charge in [-0.15, -0.1) is 5.10 Å². The smallest absolute Gasteiger partial charge is 0.337 e. The maximum atomic E-state index is 13.7. The molecule has 1 saturated carbocycles. The monoisotopic (exact) mass is 399 g/mol. The summed E-state index contributed by atoms with van der Waals surface area (Å²) in [5.74, 6) is -1.70. The molecule has 152 valence electrons. The van der Waals surface area contributed by atoms with Gasteiger partial charge >= 0.3 is 12.2 Å². The molecule has 0 radical (unpaired) electrons. The van der Waals surface area contributed by atoms with E-state index < -0.39 is 18.0 Å². The van der Waals surface area contributed by atoms with E-state index in [0.29, 0.717) is 6.54 Å². The maximum absolute atomic E-state index is 13.7. The van der Waals surface area contributed by atoms with E-state index in [2.05, 4.69) is 25.8 Å². The fraction of sp³-hybridized carbons (Fsp3) is 0.500. The lowest BCUT2D eigenvalue weighted by molar-refractivity contribution is -0.144. The van der Waals surface area contributed by atoms with Gasteiger partial charge in [0.1, 0.15) is 11.6 Å². The maximum Gasteiger partial charge on any atom is 0.453 e. The Morgan fingerprint density at radius 3 is 2.57 bits per heavy atom. The molecule has 6 nitrogen and oxygen atoms in total. The summed E-state index contributed by atoms with van der Waals surface area (Å²) in [5, 5.41) is 10.4. The molecular formula is C18H21F4N5O. The number of halogens is 4. The highest BCUT2D eigenvalue weighted by molar-refractivity contribution is 5.73. The Morgan fingerprint density at radius 2 is 1.93 bits per heavy atom. The molecule has 0 aliphatic heterocycles. The molecule has 3 rings (SSSR count). The van der Waals surface area contributed by atoms with Crippen LogP contribution in [0.3, 0.4) is 0 Å². The number of alkyl halides is 3. The van der Waals surface area contributed by atoms with Crippen molar-refractivity contribution in [3.63, 3.8) is 0 Å². The number of carbonyl (C=O) groups is 1. The van der Waals surface area contributed by atoms with Crippen molar-refractivity contribution in [2.75, 3.05) is 6.54 Å². The first kappa shape index (κ1) is 20.1. The van der Waals surface area contributed by atoms with E-state index >= 15 is 0 Å². The summed E-state index contributed by atoms with van der Waals surface area (Å²) in [4.78, 5) is 15.4. The van der Waals surface area contributed by atoms with Crippen LogP contribution in [-0.4, -0.2) is 27.8 Å². The van der Waals surface area contributed by atoms with Crippen molar-refractivity contribution < 1.29 is 22.4 Å². The van der Waals surface area contributed by atoms with Gasteiger partial charge in [0.25, 0.3) is 5.82 Å².